The third kappa shape index (κ3) is 3.19. The Labute approximate surface area is 168 Å². The highest BCUT2D eigenvalue weighted by atomic mass is 16.5. The summed E-state index contributed by atoms with van der Waals surface area (Å²) < 4.78 is 7.41. The van der Waals surface area contributed by atoms with Crippen LogP contribution in [0.3, 0.4) is 0 Å². The number of hydrogen-bond acceptors (Lipinski definition) is 3. The molecule has 0 saturated carbocycles. The van der Waals surface area contributed by atoms with E-state index in [2.05, 4.69) is 52.0 Å². The molecule has 1 heterocycles. The van der Waals surface area contributed by atoms with Crippen LogP contribution in [0, 0.1) is 0 Å². The van der Waals surface area contributed by atoms with Crippen LogP contribution in [0.2, 0.25) is 0 Å². The van der Waals surface area contributed by atoms with Crippen molar-refractivity contribution in [2.75, 3.05) is 7.11 Å². The third-order valence-corrected chi connectivity index (χ3v) is 5.30. The molecular formula is C25H20N2O2. The Balaban J connectivity index is 1.48. The van der Waals surface area contributed by atoms with Crippen LogP contribution in [-0.2, 0) is 6.54 Å². The number of aromatic hydroxyl groups is 1. The molecular weight excluding hydrogens is 360 g/mol. The fourth-order valence-corrected chi connectivity index (χ4v) is 3.76. The molecule has 0 aliphatic heterocycles. The molecule has 1 N–H and O–H groups in total. The number of rotatable bonds is 4. The molecule has 29 heavy (non-hydrogen) atoms. The molecule has 0 radical (unpaired) electrons. The van der Waals surface area contributed by atoms with Gasteiger partial charge in [-0.05, 0) is 63.9 Å². The molecule has 0 fully saturated rings. The predicted octanol–water partition coefficient (Wildman–Crippen LogP) is 5.62. The Morgan fingerprint density at radius 2 is 1.62 bits per heavy atom. The number of para-hydroxylation sites is 2. The van der Waals surface area contributed by atoms with Crippen molar-refractivity contribution >= 4 is 21.8 Å². The van der Waals surface area contributed by atoms with Crippen LogP contribution in [0.5, 0.6) is 11.5 Å². The first-order chi connectivity index (χ1) is 14.2. The zero-order chi connectivity index (χ0) is 19.8. The number of nitrogens with zero attached hydrogens (tertiary/aromatic N) is 2. The lowest BCUT2D eigenvalue weighted by atomic mass is 9.99. The van der Waals surface area contributed by atoms with Crippen molar-refractivity contribution in [3.8, 4) is 22.6 Å². The van der Waals surface area contributed by atoms with Gasteiger partial charge in [0, 0.05) is 6.54 Å². The number of fused-ring (bicyclic) bond motifs is 2. The van der Waals surface area contributed by atoms with Gasteiger partial charge in [0.1, 0.15) is 0 Å². The lowest BCUT2D eigenvalue weighted by Gasteiger charge is -2.10. The molecule has 0 bridgehead atoms. The quantitative estimate of drug-likeness (QED) is 0.440. The molecule has 4 heteroatoms. The minimum atomic E-state index is 0.147. The van der Waals surface area contributed by atoms with Gasteiger partial charge >= 0.3 is 0 Å². The molecule has 4 aromatic carbocycles. The van der Waals surface area contributed by atoms with E-state index in [1.807, 2.05) is 36.7 Å². The van der Waals surface area contributed by atoms with Crippen LogP contribution in [-0.4, -0.2) is 21.8 Å². The summed E-state index contributed by atoms with van der Waals surface area (Å²) in [4.78, 5) is 4.48. The summed E-state index contributed by atoms with van der Waals surface area (Å²) in [6.07, 6.45) is 1.90. The largest absolute Gasteiger partial charge is 0.504 e. The zero-order valence-electron chi connectivity index (χ0n) is 16.0. The topological polar surface area (TPSA) is 47.3 Å². The molecule has 4 nitrogen and oxygen atoms in total. The Kier molecular flexibility index (Phi) is 4.17. The minimum Gasteiger partial charge on any atom is -0.504 e. The van der Waals surface area contributed by atoms with Crippen LogP contribution >= 0.6 is 0 Å². The van der Waals surface area contributed by atoms with E-state index in [-0.39, 0.29) is 5.75 Å². The Hall–Kier alpha value is -3.79. The second kappa shape index (κ2) is 6.99. The van der Waals surface area contributed by atoms with E-state index in [1.165, 1.54) is 16.3 Å². The molecule has 5 rings (SSSR count). The molecule has 142 valence electrons. The van der Waals surface area contributed by atoms with E-state index in [1.54, 1.807) is 13.2 Å². The number of ether oxygens (including phenoxy) is 1. The summed E-state index contributed by atoms with van der Waals surface area (Å²) in [7, 11) is 1.56. The van der Waals surface area contributed by atoms with Crippen molar-refractivity contribution in [3.05, 3.63) is 90.8 Å². The highest BCUT2D eigenvalue weighted by molar-refractivity contribution is 5.88. The van der Waals surface area contributed by atoms with Crippen molar-refractivity contribution in [2.24, 2.45) is 0 Å². The second-order valence-corrected chi connectivity index (χ2v) is 7.14. The standard InChI is InChI=1S/C25H20N2O2/c1-29-25-14-21(10-11-24(25)28)20-9-8-18-12-17(6-7-19(18)13-20)15-27-16-26-22-4-2-3-5-23(22)27/h2-14,16,28H,15H2,1H3. The van der Waals surface area contributed by atoms with E-state index in [4.69, 9.17) is 4.74 Å². The summed E-state index contributed by atoms with van der Waals surface area (Å²) >= 11 is 0. The maximum Gasteiger partial charge on any atom is 0.161 e. The highest BCUT2D eigenvalue weighted by Crippen LogP contribution is 2.33. The summed E-state index contributed by atoms with van der Waals surface area (Å²) in [6, 6.07) is 26.6. The van der Waals surface area contributed by atoms with Gasteiger partial charge in [0.25, 0.3) is 0 Å². The van der Waals surface area contributed by atoms with Gasteiger partial charge in [-0.1, -0.05) is 42.5 Å². The third-order valence-electron chi connectivity index (χ3n) is 5.30. The second-order valence-electron chi connectivity index (χ2n) is 7.14. The minimum absolute atomic E-state index is 0.147. The first-order valence-electron chi connectivity index (χ1n) is 9.51. The maximum atomic E-state index is 9.82. The van der Waals surface area contributed by atoms with Gasteiger partial charge in [-0.15, -0.1) is 0 Å². The fraction of sp³-hybridized carbons (Fsp3) is 0.0800. The van der Waals surface area contributed by atoms with Gasteiger partial charge in [0.2, 0.25) is 0 Å². The van der Waals surface area contributed by atoms with Crippen molar-refractivity contribution in [1.29, 1.82) is 0 Å². The first-order valence-corrected chi connectivity index (χ1v) is 9.51. The predicted molar refractivity (Wildman–Crippen MR) is 116 cm³/mol. The average molecular weight is 380 g/mol. The number of benzene rings is 4. The molecule has 0 aliphatic carbocycles. The number of phenols is 1. The Morgan fingerprint density at radius 3 is 2.52 bits per heavy atom. The van der Waals surface area contributed by atoms with E-state index >= 15 is 0 Å². The monoisotopic (exact) mass is 380 g/mol. The molecule has 0 atom stereocenters. The fourth-order valence-electron chi connectivity index (χ4n) is 3.76. The number of aromatic nitrogens is 2. The number of phenolic OH excluding ortho intramolecular Hbond substituents is 1. The Bertz CT molecular complexity index is 1340. The molecule has 0 spiro atoms. The molecule has 1 aromatic heterocycles. The van der Waals surface area contributed by atoms with Gasteiger partial charge in [-0.2, -0.15) is 0 Å². The Morgan fingerprint density at radius 1 is 0.862 bits per heavy atom. The molecule has 0 amide bonds. The van der Waals surface area contributed by atoms with Gasteiger partial charge in [-0.25, -0.2) is 4.98 Å². The van der Waals surface area contributed by atoms with Crippen LogP contribution in [0.25, 0.3) is 32.9 Å². The smallest absolute Gasteiger partial charge is 0.161 e. The lowest BCUT2D eigenvalue weighted by Crippen LogP contribution is -1.97. The SMILES string of the molecule is COc1cc(-c2ccc3cc(Cn4cnc5ccccc54)ccc3c2)ccc1O. The summed E-state index contributed by atoms with van der Waals surface area (Å²) in [5.74, 6) is 0.624. The van der Waals surface area contributed by atoms with Crippen LogP contribution < -0.4 is 4.74 Å². The molecule has 0 unspecified atom stereocenters. The van der Waals surface area contributed by atoms with E-state index in [0.717, 1.165) is 28.7 Å². The zero-order valence-corrected chi connectivity index (χ0v) is 16.0. The molecule has 5 aromatic rings. The van der Waals surface area contributed by atoms with E-state index in [0.29, 0.717) is 5.75 Å². The summed E-state index contributed by atoms with van der Waals surface area (Å²) in [5.41, 5.74) is 5.49. The van der Waals surface area contributed by atoms with Gasteiger partial charge in [0.15, 0.2) is 11.5 Å². The average Bonchev–Trinajstić information content (AvgIpc) is 3.16. The normalized spacial score (nSPS) is 11.2. The van der Waals surface area contributed by atoms with Crippen molar-refractivity contribution < 1.29 is 9.84 Å². The van der Waals surface area contributed by atoms with Crippen LogP contribution in [0.1, 0.15) is 5.56 Å². The summed E-state index contributed by atoms with van der Waals surface area (Å²) in [6.45, 7) is 0.785. The number of hydrogen-bond donors (Lipinski definition) is 1. The van der Waals surface area contributed by atoms with Crippen LogP contribution in [0.15, 0.2) is 85.2 Å². The van der Waals surface area contributed by atoms with Crippen molar-refractivity contribution in [1.82, 2.24) is 9.55 Å². The van der Waals surface area contributed by atoms with Gasteiger partial charge in [0.05, 0.1) is 24.5 Å². The maximum absolute atomic E-state index is 9.82. The van der Waals surface area contributed by atoms with Gasteiger partial charge in [-0.3, -0.25) is 0 Å². The van der Waals surface area contributed by atoms with Crippen LogP contribution in [0.4, 0.5) is 0 Å². The highest BCUT2D eigenvalue weighted by Gasteiger charge is 2.07. The van der Waals surface area contributed by atoms with Crippen molar-refractivity contribution in [3.63, 3.8) is 0 Å². The van der Waals surface area contributed by atoms with Crippen molar-refractivity contribution in [2.45, 2.75) is 6.54 Å². The molecule has 0 saturated heterocycles. The summed E-state index contributed by atoms with van der Waals surface area (Å²) in [5, 5.41) is 12.2. The van der Waals surface area contributed by atoms with Gasteiger partial charge < -0.3 is 14.4 Å². The lowest BCUT2D eigenvalue weighted by molar-refractivity contribution is 0.373. The molecule has 0 aliphatic rings. The number of methoxy groups -OCH3 is 1. The first kappa shape index (κ1) is 17.3. The number of imidazole rings is 1. The van der Waals surface area contributed by atoms with E-state index < -0.39 is 0 Å². The van der Waals surface area contributed by atoms with E-state index in [9.17, 15) is 5.11 Å².